The average molecular weight is 451 g/mol. The van der Waals surface area contributed by atoms with Crippen LogP contribution in [0.5, 0.6) is 5.75 Å². The molecule has 0 saturated carbocycles. The lowest BCUT2D eigenvalue weighted by molar-refractivity contribution is -0.123. The lowest BCUT2D eigenvalue weighted by Crippen LogP contribution is -2.31. The van der Waals surface area contributed by atoms with Gasteiger partial charge in [-0.25, -0.2) is 0 Å². The molecule has 0 spiro atoms. The van der Waals surface area contributed by atoms with Crippen LogP contribution in [0.15, 0.2) is 26.0 Å². The number of ether oxygens (including phenoxy) is 2. The smallest absolute Gasteiger partial charge is 0.293 e. The Morgan fingerprint density at radius 3 is 2.64 bits per heavy atom. The standard InChI is InChI=1S/C14H13Br2NO4S/c1-20-4-3-17-13(18)11(22-14(17)19)6-8-5-9(15)7-10(16)12(8)21-2/h5-7H,3-4H2,1-2H3/b11-6+. The van der Waals surface area contributed by atoms with Gasteiger partial charge in [0.05, 0.1) is 29.6 Å². The fraction of sp³-hybridized carbons (Fsp3) is 0.286. The van der Waals surface area contributed by atoms with Crippen molar-refractivity contribution in [2.75, 3.05) is 27.4 Å². The Bertz CT molecular complexity index is 648. The molecule has 0 radical (unpaired) electrons. The molecule has 8 heteroatoms. The number of methoxy groups -OCH3 is 2. The second kappa shape index (κ2) is 7.63. The number of carbonyl (C=O) groups is 2. The quantitative estimate of drug-likeness (QED) is 0.636. The first-order valence-corrected chi connectivity index (χ1v) is 8.65. The van der Waals surface area contributed by atoms with Crippen molar-refractivity contribution in [2.24, 2.45) is 0 Å². The van der Waals surface area contributed by atoms with E-state index in [4.69, 9.17) is 9.47 Å². The predicted molar refractivity (Wildman–Crippen MR) is 92.9 cm³/mol. The molecule has 0 aromatic heterocycles. The van der Waals surface area contributed by atoms with Crippen molar-refractivity contribution >= 4 is 60.8 Å². The molecule has 1 aliphatic heterocycles. The average Bonchev–Trinajstić information content (AvgIpc) is 2.71. The minimum absolute atomic E-state index is 0.248. The van der Waals surface area contributed by atoms with Gasteiger partial charge in [0.25, 0.3) is 11.1 Å². The third-order valence-corrected chi connectivity index (χ3v) is 4.87. The number of hydrogen-bond donors (Lipinski definition) is 0. The van der Waals surface area contributed by atoms with Gasteiger partial charge >= 0.3 is 0 Å². The summed E-state index contributed by atoms with van der Waals surface area (Å²) in [7, 11) is 3.08. The number of hydrogen-bond acceptors (Lipinski definition) is 5. The highest BCUT2D eigenvalue weighted by atomic mass is 79.9. The SMILES string of the molecule is COCCN1C(=O)S/C(=C/c2cc(Br)cc(Br)c2OC)C1=O. The lowest BCUT2D eigenvalue weighted by Gasteiger charge is -2.11. The van der Waals surface area contributed by atoms with Gasteiger partial charge < -0.3 is 9.47 Å². The van der Waals surface area contributed by atoms with Crippen LogP contribution in [0.2, 0.25) is 0 Å². The van der Waals surface area contributed by atoms with Crippen LogP contribution in [-0.4, -0.2) is 43.4 Å². The number of amides is 2. The van der Waals surface area contributed by atoms with Crippen LogP contribution in [0.3, 0.4) is 0 Å². The number of thioether (sulfide) groups is 1. The van der Waals surface area contributed by atoms with Crippen molar-refractivity contribution in [1.29, 1.82) is 0 Å². The van der Waals surface area contributed by atoms with Gasteiger partial charge in [-0.2, -0.15) is 0 Å². The third-order valence-electron chi connectivity index (χ3n) is 2.92. The number of halogens is 2. The molecule has 0 atom stereocenters. The highest BCUT2D eigenvalue weighted by Gasteiger charge is 2.34. The summed E-state index contributed by atoms with van der Waals surface area (Å²) < 4.78 is 11.9. The maximum absolute atomic E-state index is 12.3. The summed E-state index contributed by atoms with van der Waals surface area (Å²) in [4.78, 5) is 25.7. The predicted octanol–water partition coefficient (Wildman–Crippen LogP) is 3.90. The third kappa shape index (κ3) is 3.73. The molecule has 1 aliphatic rings. The van der Waals surface area contributed by atoms with Crippen LogP contribution in [-0.2, 0) is 9.53 Å². The zero-order valence-corrected chi connectivity index (χ0v) is 15.9. The molecule has 1 heterocycles. The van der Waals surface area contributed by atoms with Gasteiger partial charge in [-0.3, -0.25) is 14.5 Å². The van der Waals surface area contributed by atoms with Crippen LogP contribution in [0, 0.1) is 0 Å². The Hall–Kier alpha value is -0.830. The van der Waals surface area contributed by atoms with E-state index in [0.717, 1.165) is 20.7 Å². The summed E-state index contributed by atoms with van der Waals surface area (Å²) in [5.41, 5.74) is 0.709. The molecule has 2 rings (SSSR count). The maximum Gasteiger partial charge on any atom is 0.293 e. The van der Waals surface area contributed by atoms with E-state index in [0.29, 0.717) is 22.8 Å². The van der Waals surface area contributed by atoms with E-state index in [2.05, 4.69) is 31.9 Å². The monoisotopic (exact) mass is 449 g/mol. The fourth-order valence-electron chi connectivity index (χ4n) is 1.92. The molecule has 22 heavy (non-hydrogen) atoms. The largest absolute Gasteiger partial charge is 0.495 e. The first-order valence-electron chi connectivity index (χ1n) is 6.25. The minimum atomic E-state index is -0.315. The van der Waals surface area contributed by atoms with E-state index in [1.807, 2.05) is 12.1 Å². The molecule has 1 aromatic rings. The number of benzene rings is 1. The number of rotatable bonds is 5. The zero-order valence-electron chi connectivity index (χ0n) is 11.9. The van der Waals surface area contributed by atoms with Gasteiger partial charge in [-0.05, 0) is 45.9 Å². The van der Waals surface area contributed by atoms with Crippen molar-refractivity contribution in [3.8, 4) is 5.75 Å². The second-order valence-corrected chi connectivity index (χ2v) is 7.10. The lowest BCUT2D eigenvalue weighted by atomic mass is 10.2. The Kier molecular flexibility index (Phi) is 6.08. The van der Waals surface area contributed by atoms with Crippen molar-refractivity contribution in [3.05, 3.63) is 31.5 Å². The van der Waals surface area contributed by atoms with E-state index in [1.165, 1.54) is 12.0 Å². The number of carbonyl (C=O) groups excluding carboxylic acids is 2. The van der Waals surface area contributed by atoms with Crippen LogP contribution in [0.4, 0.5) is 4.79 Å². The van der Waals surface area contributed by atoms with E-state index < -0.39 is 0 Å². The van der Waals surface area contributed by atoms with Gasteiger partial charge in [0.1, 0.15) is 5.75 Å². The van der Waals surface area contributed by atoms with Gasteiger partial charge in [0, 0.05) is 17.1 Å². The molecular weight excluding hydrogens is 438 g/mol. The number of imide groups is 1. The zero-order chi connectivity index (χ0) is 16.3. The number of nitrogens with zero attached hydrogens (tertiary/aromatic N) is 1. The maximum atomic E-state index is 12.3. The second-order valence-electron chi connectivity index (χ2n) is 4.34. The molecule has 0 N–H and O–H groups in total. The summed E-state index contributed by atoms with van der Waals surface area (Å²) in [6.45, 7) is 0.564. The summed E-state index contributed by atoms with van der Waals surface area (Å²) in [5, 5.41) is -0.290. The van der Waals surface area contributed by atoms with Crippen molar-refractivity contribution in [3.63, 3.8) is 0 Å². The van der Waals surface area contributed by atoms with E-state index >= 15 is 0 Å². The Balaban J connectivity index is 2.35. The van der Waals surface area contributed by atoms with Crippen molar-refractivity contribution in [2.45, 2.75) is 0 Å². The van der Waals surface area contributed by atoms with Crippen LogP contribution < -0.4 is 4.74 Å². The van der Waals surface area contributed by atoms with E-state index in [-0.39, 0.29) is 17.7 Å². The highest BCUT2D eigenvalue weighted by molar-refractivity contribution is 9.11. The highest BCUT2D eigenvalue weighted by Crippen LogP contribution is 2.37. The fourth-order valence-corrected chi connectivity index (χ4v) is 4.20. The molecule has 1 saturated heterocycles. The van der Waals surface area contributed by atoms with E-state index in [1.54, 1.807) is 13.2 Å². The molecule has 1 aromatic carbocycles. The first-order chi connectivity index (χ1) is 10.5. The molecule has 1 fully saturated rings. The van der Waals surface area contributed by atoms with Gasteiger partial charge in [-0.15, -0.1) is 0 Å². The molecule has 2 amide bonds. The summed E-state index contributed by atoms with van der Waals surface area (Å²) >= 11 is 7.72. The Morgan fingerprint density at radius 1 is 1.27 bits per heavy atom. The molecule has 5 nitrogen and oxygen atoms in total. The van der Waals surface area contributed by atoms with Crippen molar-refractivity contribution in [1.82, 2.24) is 4.90 Å². The van der Waals surface area contributed by atoms with Crippen LogP contribution in [0.25, 0.3) is 6.08 Å². The Morgan fingerprint density at radius 2 is 2.00 bits per heavy atom. The molecule has 118 valence electrons. The summed E-state index contributed by atoms with van der Waals surface area (Å²) in [5.74, 6) is 0.289. The summed E-state index contributed by atoms with van der Waals surface area (Å²) in [6.07, 6.45) is 1.66. The van der Waals surface area contributed by atoms with Crippen LogP contribution >= 0.6 is 43.6 Å². The summed E-state index contributed by atoms with van der Waals surface area (Å²) in [6, 6.07) is 3.67. The molecular formula is C14H13Br2NO4S. The van der Waals surface area contributed by atoms with Gasteiger partial charge in [0.2, 0.25) is 0 Å². The van der Waals surface area contributed by atoms with Crippen LogP contribution in [0.1, 0.15) is 5.56 Å². The van der Waals surface area contributed by atoms with Crippen molar-refractivity contribution < 1.29 is 19.1 Å². The van der Waals surface area contributed by atoms with Gasteiger partial charge in [0.15, 0.2) is 0 Å². The van der Waals surface area contributed by atoms with Gasteiger partial charge in [-0.1, -0.05) is 15.9 Å². The first kappa shape index (κ1) is 17.5. The normalized spacial score (nSPS) is 16.7. The topological polar surface area (TPSA) is 55.8 Å². The molecule has 0 aliphatic carbocycles. The molecule has 0 bridgehead atoms. The molecule has 0 unspecified atom stereocenters. The minimum Gasteiger partial charge on any atom is -0.495 e. The van der Waals surface area contributed by atoms with E-state index in [9.17, 15) is 9.59 Å². The Labute approximate surface area is 149 Å².